The highest BCUT2D eigenvalue weighted by molar-refractivity contribution is 5.82. The van der Waals surface area contributed by atoms with Crippen LogP contribution in [0.5, 0.6) is 0 Å². The summed E-state index contributed by atoms with van der Waals surface area (Å²) in [5, 5.41) is 38.1. The first-order valence-corrected chi connectivity index (χ1v) is 4.86. The maximum Gasteiger partial charge on any atom is 0.471 e. The molecular formula is C8H12F3NO6. The highest BCUT2D eigenvalue weighted by Crippen LogP contribution is 2.21. The van der Waals surface area contributed by atoms with Gasteiger partial charge < -0.3 is 30.5 Å². The third-order valence-electron chi connectivity index (χ3n) is 2.46. The Hall–Kier alpha value is -0.940. The van der Waals surface area contributed by atoms with Crippen molar-refractivity contribution < 1.29 is 43.1 Å². The summed E-state index contributed by atoms with van der Waals surface area (Å²) in [6.45, 7) is -0.755. The van der Waals surface area contributed by atoms with E-state index in [0.717, 1.165) is 0 Å². The van der Waals surface area contributed by atoms with Crippen LogP contribution in [0.15, 0.2) is 0 Å². The summed E-state index contributed by atoms with van der Waals surface area (Å²) in [6.07, 6.45) is -12.2. The van der Waals surface area contributed by atoms with E-state index in [4.69, 9.17) is 5.11 Å². The van der Waals surface area contributed by atoms with Crippen LogP contribution >= 0.6 is 0 Å². The molecule has 1 heterocycles. The molecule has 3 unspecified atom stereocenters. The summed E-state index contributed by atoms with van der Waals surface area (Å²) in [6, 6.07) is -1.85. The Morgan fingerprint density at radius 1 is 1.22 bits per heavy atom. The van der Waals surface area contributed by atoms with Crippen molar-refractivity contribution in [3.05, 3.63) is 0 Å². The average molecular weight is 275 g/mol. The summed E-state index contributed by atoms with van der Waals surface area (Å²) in [7, 11) is 0. The summed E-state index contributed by atoms with van der Waals surface area (Å²) in [5.74, 6) is -2.39. The minimum Gasteiger partial charge on any atom is -0.394 e. The Balaban J connectivity index is 2.74. The molecule has 1 rings (SSSR count). The molecule has 0 bridgehead atoms. The fourth-order valence-electron chi connectivity index (χ4n) is 1.49. The molecule has 7 nitrogen and oxygen atoms in total. The van der Waals surface area contributed by atoms with E-state index in [2.05, 4.69) is 4.74 Å². The molecule has 1 aliphatic heterocycles. The van der Waals surface area contributed by atoms with Crippen LogP contribution in [0.1, 0.15) is 0 Å². The number of ether oxygens (including phenoxy) is 1. The van der Waals surface area contributed by atoms with Gasteiger partial charge in [0.2, 0.25) is 0 Å². The zero-order valence-corrected chi connectivity index (χ0v) is 8.83. The number of alkyl halides is 3. The van der Waals surface area contributed by atoms with Gasteiger partial charge in [0.15, 0.2) is 6.29 Å². The molecule has 1 aliphatic rings. The fourth-order valence-corrected chi connectivity index (χ4v) is 1.49. The minimum atomic E-state index is -5.20. The number of aliphatic hydroxyl groups is 4. The number of halogens is 3. The second kappa shape index (κ2) is 5.36. The van der Waals surface area contributed by atoms with Gasteiger partial charge in [0.1, 0.15) is 24.4 Å². The van der Waals surface area contributed by atoms with Crippen LogP contribution in [0.2, 0.25) is 0 Å². The van der Waals surface area contributed by atoms with E-state index < -0.39 is 49.3 Å². The second-order valence-electron chi connectivity index (χ2n) is 3.73. The number of hydrogen-bond donors (Lipinski definition) is 5. The number of carbonyl (C=O) groups is 1. The Kier molecular flexibility index (Phi) is 4.50. The minimum absolute atomic E-state index is 0.755. The Morgan fingerprint density at radius 2 is 1.78 bits per heavy atom. The number of hydrogen-bond acceptors (Lipinski definition) is 6. The number of aliphatic hydroxyl groups excluding tert-OH is 4. The molecule has 1 fully saturated rings. The number of rotatable bonds is 2. The first-order valence-electron chi connectivity index (χ1n) is 4.86. The first-order chi connectivity index (χ1) is 8.18. The molecule has 5 N–H and O–H groups in total. The topological polar surface area (TPSA) is 119 Å². The molecule has 0 radical (unpaired) electrons. The lowest BCUT2D eigenvalue weighted by molar-refractivity contribution is -0.256. The molecule has 106 valence electrons. The predicted octanol–water partition coefficient (Wildman–Crippen LogP) is -2.54. The summed E-state index contributed by atoms with van der Waals surface area (Å²) in [5.41, 5.74) is 0. The lowest BCUT2D eigenvalue weighted by Crippen LogP contribution is -2.65. The van der Waals surface area contributed by atoms with Gasteiger partial charge in [0.25, 0.3) is 0 Å². The highest BCUT2D eigenvalue weighted by Gasteiger charge is 2.48. The molecular weight excluding hydrogens is 263 g/mol. The highest BCUT2D eigenvalue weighted by atomic mass is 19.4. The fraction of sp³-hybridized carbons (Fsp3) is 0.875. The van der Waals surface area contributed by atoms with Crippen molar-refractivity contribution in [2.24, 2.45) is 0 Å². The van der Waals surface area contributed by atoms with Gasteiger partial charge in [0.05, 0.1) is 6.61 Å². The number of carbonyl (C=O) groups excluding carboxylic acids is 1. The van der Waals surface area contributed by atoms with Crippen LogP contribution in [-0.4, -0.2) is 69.8 Å². The van der Waals surface area contributed by atoms with Gasteiger partial charge >= 0.3 is 12.1 Å². The molecule has 10 heteroatoms. The van der Waals surface area contributed by atoms with Crippen LogP contribution in [0.3, 0.4) is 0 Å². The molecule has 5 atom stereocenters. The van der Waals surface area contributed by atoms with E-state index in [0.29, 0.717) is 0 Å². The van der Waals surface area contributed by atoms with Crippen LogP contribution in [-0.2, 0) is 9.53 Å². The maximum atomic E-state index is 12.0. The van der Waals surface area contributed by atoms with Crippen molar-refractivity contribution in [3.63, 3.8) is 0 Å². The zero-order valence-electron chi connectivity index (χ0n) is 8.83. The molecule has 18 heavy (non-hydrogen) atoms. The van der Waals surface area contributed by atoms with Crippen molar-refractivity contribution in [1.82, 2.24) is 5.32 Å². The largest absolute Gasteiger partial charge is 0.471 e. The van der Waals surface area contributed by atoms with Crippen LogP contribution in [0.25, 0.3) is 0 Å². The first kappa shape index (κ1) is 15.1. The van der Waals surface area contributed by atoms with Gasteiger partial charge in [-0.3, -0.25) is 4.79 Å². The van der Waals surface area contributed by atoms with E-state index in [9.17, 15) is 33.3 Å². The van der Waals surface area contributed by atoms with Crippen LogP contribution in [0, 0.1) is 0 Å². The van der Waals surface area contributed by atoms with E-state index in [1.165, 1.54) is 5.32 Å². The van der Waals surface area contributed by atoms with Gasteiger partial charge in [-0.25, -0.2) is 0 Å². The quantitative estimate of drug-likeness (QED) is 0.379. The van der Waals surface area contributed by atoms with E-state index >= 15 is 0 Å². The van der Waals surface area contributed by atoms with E-state index in [1.807, 2.05) is 0 Å². The van der Waals surface area contributed by atoms with Gasteiger partial charge in [-0.15, -0.1) is 0 Å². The second-order valence-corrected chi connectivity index (χ2v) is 3.73. The molecule has 0 saturated carbocycles. The van der Waals surface area contributed by atoms with Gasteiger partial charge in [-0.2, -0.15) is 13.2 Å². The van der Waals surface area contributed by atoms with Crippen molar-refractivity contribution in [2.45, 2.75) is 36.8 Å². The third kappa shape index (κ3) is 3.09. The average Bonchev–Trinajstić information content (AvgIpc) is 2.27. The maximum absolute atomic E-state index is 12.0. The summed E-state index contributed by atoms with van der Waals surface area (Å²) >= 11 is 0. The van der Waals surface area contributed by atoms with Gasteiger partial charge in [0, 0.05) is 0 Å². The SMILES string of the molecule is O=C(N[C@@H]1C(O)OC(CO)[C@H](O)C1O)C(F)(F)F. The lowest BCUT2D eigenvalue weighted by Gasteiger charge is -2.40. The molecule has 1 saturated heterocycles. The standard InChI is InChI=1S/C8H12F3NO6/c9-8(10,11)7(17)12-3-5(15)4(14)2(1-13)18-6(3)16/h2-6,13-16H,1H2,(H,12,17)/t2?,3-,4-,5?,6?/m0/s1. The van der Waals surface area contributed by atoms with E-state index in [1.54, 1.807) is 0 Å². The normalized spacial score (nSPS) is 37.4. The third-order valence-corrected chi connectivity index (χ3v) is 2.46. The van der Waals surface area contributed by atoms with Crippen molar-refractivity contribution in [3.8, 4) is 0 Å². The summed E-state index contributed by atoms with van der Waals surface area (Å²) in [4.78, 5) is 10.6. The van der Waals surface area contributed by atoms with Gasteiger partial charge in [-0.1, -0.05) is 0 Å². The lowest BCUT2D eigenvalue weighted by atomic mass is 9.97. The number of amides is 1. The Bertz CT molecular complexity index is 312. The Morgan fingerprint density at radius 3 is 2.22 bits per heavy atom. The molecule has 0 aromatic heterocycles. The molecule has 0 aliphatic carbocycles. The molecule has 1 amide bonds. The molecule has 0 spiro atoms. The monoisotopic (exact) mass is 275 g/mol. The Labute approximate surface area is 98.8 Å². The van der Waals surface area contributed by atoms with Crippen molar-refractivity contribution in [2.75, 3.05) is 6.61 Å². The van der Waals surface area contributed by atoms with Crippen LogP contribution < -0.4 is 5.32 Å². The van der Waals surface area contributed by atoms with Crippen molar-refractivity contribution in [1.29, 1.82) is 0 Å². The zero-order chi connectivity index (χ0) is 14.1. The summed E-state index contributed by atoms with van der Waals surface area (Å²) < 4.78 is 40.5. The van der Waals surface area contributed by atoms with Gasteiger partial charge in [-0.05, 0) is 0 Å². The number of nitrogens with one attached hydrogen (secondary N) is 1. The molecule has 0 aromatic rings. The van der Waals surface area contributed by atoms with Crippen molar-refractivity contribution >= 4 is 5.91 Å². The van der Waals surface area contributed by atoms with E-state index in [-0.39, 0.29) is 0 Å². The van der Waals surface area contributed by atoms with Crippen LogP contribution in [0.4, 0.5) is 13.2 Å². The smallest absolute Gasteiger partial charge is 0.394 e. The molecule has 0 aromatic carbocycles. The predicted molar refractivity (Wildman–Crippen MR) is 48.0 cm³/mol.